The van der Waals surface area contributed by atoms with E-state index in [-0.39, 0.29) is 23.3 Å². The SMILES string of the molecule is CC1CC(C(=O)N2CC(=O)Nc3ccccc32)(C(N)=S)C1. The maximum Gasteiger partial charge on any atom is 0.244 e. The number of nitrogens with zero attached hydrogens (tertiary/aromatic N) is 1. The molecule has 0 saturated heterocycles. The molecule has 0 unspecified atom stereocenters. The molecule has 2 amide bonds. The van der Waals surface area contributed by atoms with E-state index < -0.39 is 5.41 Å². The first-order chi connectivity index (χ1) is 9.94. The second kappa shape index (κ2) is 4.80. The highest BCUT2D eigenvalue weighted by Crippen LogP contribution is 2.48. The fraction of sp³-hybridized carbons (Fsp3) is 0.400. The quantitative estimate of drug-likeness (QED) is 0.815. The molecule has 1 aliphatic carbocycles. The van der Waals surface area contributed by atoms with Gasteiger partial charge in [0.25, 0.3) is 0 Å². The van der Waals surface area contributed by atoms with E-state index in [1.807, 2.05) is 18.2 Å². The van der Waals surface area contributed by atoms with Crippen molar-refractivity contribution in [2.75, 3.05) is 16.8 Å². The van der Waals surface area contributed by atoms with Crippen LogP contribution < -0.4 is 16.0 Å². The zero-order chi connectivity index (χ0) is 15.2. The van der Waals surface area contributed by atoms with Gasteiger partial charge in [-0.15, -0.1) is 0 Å². The molecule has 1 aliphatic heterocycles. The zero-order valence-corrected chi connectivity index (χ0v) is 12.6. The number of nitrogens with two attached hydrogens (primary N) is 1. The second-order valence-electron chi connectivity index (χ2n) is 5.92. The molecule has 6 heteroatoms. The van der Waals surface area contributed by atoms with E-state index in [1.54, 1.807) is 6.07 Å². The van der Waals surface area contributed by atoms with Crippen LogP contribution in [0, 0.1) is 11.3 Å². The molecule has 1 heterocycles. The monoisotopic (exact) mass is 303 g/mol. The molecular formula is C15H17N3O2S. The number of carbonyl (C=O) groups is 2. The van der Waals surface area contributed by atoms with E-state index in [0.29, 0.717) is 30.1 Å². The number of benzene rings is 1. The van der Waals surface area contributed by atoms with Crippen molar-refractivity contribution < 1.29 is 9.59 Å². The van der Waals surface area contributed by atoms with Crippen LogP contribution in [0.5, 0.6) is 0 Å². The van der Waals surface area contributed by atoms with E-state index in [0.717, 1.165) is 0 Å². The molecule has 1 saturated carbocycles. The third-order valence-electron chi connectivity index (χ3n) is 4.29. The lowest BCUT2D eigenvalue weighted by Gasteiger charge is -2.47. The molecule has 0 radical (unpaired) electrons. The number of carbonyl (C=O) groups excluding carboxylic acids is 2. The van der Waals surface area contributed by atoms with Gasteiger partial charge in [0, 0.05) is 0 Å². The molecule has 1 fully saturated rings. The molecule has 1 aromatic carbocycles. The van der Waals surface area contributed by atoms with Crippen molar-refractivity contribution in [3.63, 3.8) is 0 Å². The fourth-order valence-corrected chi connectivity index (χ4v) is 3.54. The summed E-state index contributed by atoms with van der Waals surface area (Å²) in [4.78, 5) is 26.6. The summed E-state index contributed by atoms with van der Waals surface area (Å²) >= 11 is 5.14. The summed E-state index contributed by atoms with van der Waals surface area (Å²) < 4.78 is 0. The van der Waals surface area contributed by atoms with Gasteiger partial charge < -0.3 is 16.0 Å². The van der Waals surface area contributed by atoms with Gasteiger partial charge in [-0.1, -0.05) is 31.3 Å². The Balaban J connectivity index is 1.99. The summed E-state index contributed by atoms with van der Waals surface area (Å²) in [7, 11) is 0. The molecule has 2 aliphatic rings. The van der Waals surface area contributed by atoms with Gasteiger partial charge in [0.05, 0.1) is 16.4 Å². The highest BCUT2D eigenvalue weighted by atomic mass is 32.1. The summed E-state index contributed by atoms with van der Waals surface area (Å²) in [6.45, 7) is 2.08. The van der Waals surface area contributed by atoms with Crippen molar-refractivity contribution in [1.82, 2.24) is 0 Å². The number of para-hydroxylation sites is 2. The Morgan fingerprint density at radius 2 is 2.10 bits per heavy atom. The molecule has 110 valence electrons. The van der Waals surface area contributed by atoms with Crippen LogP contribution in [0.1, 0.15) is 19.8 Å². The Morgan fingerprint density at radius 1 is 1.43 bits per heavy atom. The van der Waals surface area contributed by atoms with Gasteiger partial charge in [-0.2, -0.15) is 0 Å². The Bertz CT molecular complexity index is 638. The molecule has 21 heavy (non-hydrogen) atoms. The number of fused-ring (bicyclic) bond motifs is 1. The maximum absolute atomic E-state index is 13.0. The number of amides is 2. The molecule has 1 aromatic rings. The normalized spacial score (nSPS) is 27.4. The van der Waals surface area contributed by atoms with Crippen LogP contribution in [0.25, 0.3) is 0 Å². The second-order valence-corrected chi connectivity index (χ2v) is 6.36. The number of hydrogen-bond donors (Lipinski definition) is 2. The van der Waals surface area contributed by atoms with Gasteiger partial charge in [0.1, 0.15) is 12.0 Å². The third kappa shape index (κ3) is 2.10. The highest BCUT2D eigenvalue weighted by Gasteiger charge is 2.53. The van der Waals surface area contributed by atoms with Crippen LogP contribution in [0.2, 0.25) is 0 Å². The molecule has 5 nitrogen and oxygen atoms in total. The largest absolute Gasteiger partial charge is 0.392 e. The first kappa shape index (κ1) is 14.0. The van der Waals surface area contributed by atoms with Crippen molar-refractivity contribution in [1.29, 1.82) is 0 Å². The molecule has 0 spiro atoms. The Kier molecular flexibility index (Phi) is 3.20. The lowest BCUT2D eigenvalue weighted by molar-refractivity contribution is -0.131. The summed E-state index contributed by atoms with van der Waals surface area (Å²) in [5.41, 5.74) is 6.40. The average molecular weight is 303 g/mol. The van der Waals surface area contributed by atoms with Crippen LogP contribution >= 0.6 is 12.2 Å². The summed E-state index contributed by atoms with van der Waals surface area (Å²) in [6.07, 6.45) is 1.31. The van der Waals surface area contributed by atoms with Crippen LogP contribution in [0.15, 0.2) is 24.3 Å². The smallest absolute Gasteiger partial charge is 0.244 e. The molecule has 3 N–H and O–H groups in total. The number of rotatable bonds is 2. The molecule has 3 rings (SSSR count). The number of hydrogen-bond acceptors (Lipinski definition) is 3. The highest BCUT2D eigenvalue weighted by molar-refractivity contribution is 7.80. The first-order valence-electron chi connectivity index (χ1n) is 6.95. The standard InChI is InChI=1S/C15H17N3O2S/c1-9-6-15(7-9,13(16)21)14(20)18-8-12(19)17-10-4-2-3-5-11(10)18/h2-5,9H,6-8H2,1H3,(H2,16,21)(H,17,19). The van der Waals surface area contributed by atoms with Crippen molar-refractivity contribution in [2.24, 2.45) is 17.1 Å². The predicted molar refractivity (Wildman–Crippen MR) is 85.0 cm³/mol. The van der Waals surface area contributed by atoms with E-state index in [1.165, 1.54) is 4.90 Å². The van der Waals surface area contributed by atoms with Crippen LogP contribution in [-0.2, 0) is 9.59 Å². The Hall–Kier alpha value is -1.95. The Morgan fingerprint density at radius 3 is 2.71 bits per heavy atom. The molecule has 0 bridgehead atoms. The predicted octanol–water partition coefficient (Wildman–Crippen LogP) is 1.67. The van der Waals surface area contributed by atoms with E-state index in [4.69, 9.17) is 18.0 Å². The van der Waals surface area contributed by atoms with Gasteiger partial charge in [0.15, 0.2) is 0 Å². The fourth-order valence-electron chi connectivity index (χ4n) is 3.28. The van der Waals surface area contributed by atoms with Gasteiger partial charge in [-0.05, 0) is 30.9 Å². The van der Waals surface area contributed by atoms with Crippen LogP contribution in [-0.4, -0.2) is 23.3 Å². The van der Waals surface area contributed by atoms with Crippen molar-refractivity contribution in [3.05, 3.63) is 24.3 Å². The zero-order valence-electron chi connectivity index (χ0n) is 11.8. The Labute approximate surface area is 128 Å². The van der Waals surface area contributed by atoms with E-state index in [9.17, 15) is 9.59 Å². The van der Waals surface area contributed by atoms with Crippen molar-refractivity contribution >= 4 is 40.4 Å². The molecule has 0 aromatic heterocycles. The van der Waals surface area contributed by atoms with Gasteiger partial charge in [0.2, 0.25) is 11.8 Å². The average Bonchev–Trinajstić information content (AvgIpc) is 2.41. The van der Waals surface area contributed by atoms with Crippen LogP contribution in [0.4, 0.5) is 11.4 Å². The molecule has 0 atom stereocenters. The lowest BCUT2D eigenvalue weighted by atomic mass is 9.61. The third-order valence-corrected chi connectivity index (χ3v) is 4.68. The van der Waals surface area contributed by atoms with Gasteiger partial charge in [-0.3, -0.25) is 9.59 Å². The van der Waals surface area contributed by atoms with Crippen LogP contribution in [0.3, 0.4) is 0 Å². The number of nitrogens with one attached hydrogen (secondary N) is 1. The van der Waals surface area contributed by atoms with Gasteiger partial charge in [-0.25, -0.2) is 0 Å². The van der Waals surface area contributed by atoms with Gasteiger partial charge >= 0.3 is 0 Å². The minimum Gasteiger partial charge on any atom is -0.392 e. The van der Waals surface area contributed by atoms with Crippen molar-refractivity contribution in [2.45, 2.75) is 19.8 Å². The summed E-state index contributed by atoms with van der Waals surface area (Å²) in [6, 6.07) is 7.26. The summed E-state index contributed by atoms with van der Waals surface area (Å²) in [5, 5.41) is 2.77. The number of thiocarbonyl (C=S) groups is 1. The number of anilines is 2. The maximum atomic E-state index is 13.0. The van der Waals surface area contributed by atoms with E-state index >= 15 is 0 Å². The lowest BCUT2D eigenvalue weighted by Crippen LogP contribution is -2.59. The minimum atomic E-state index is -0.792. The topological polar surface area (TPSA) is 75.4 Å². The minimum absolute atomic E-state index is 0.00852. The van der Waals surface area contributed by atoms with E-state index in [2.05, 4.69) is 12.2 Å². The van der Waals surface area contributed by atoms with Crippen molar-refractivity contribution in [3.8, 4) is 0 Å². The first-order valence-corrected chi connectivity index (χ1v) is 7.35. The summed E-state index contributed by atoms with van der Waals surface area (Å²) in [5.74, 6) is 0.0622. The molecular weight excluding hydrogens is 286 g/mol.